The van der Waals surface area contributed by atoms with Crippen molar-refractivity contribution in [2.45, 2.75) is 19.3 Å². The highest BCUT2D eigenvalue weighted by atomic mass is 19.1. The molecule has 0 amide bonds. The molecule has 1 aromatic carbocycles. The van der Waals surface area contributed by atoms with Crippen LogP contribution in [0.1, 0.15) is 29.6 Å². The van der Waals surface area contributed by atoms with Gasteiger partial charge in [0.2, 0.25) is 0 Å². The summed E-state index contributed by atoms with van der Waals surface area (Å²) in [6.07, 6.45) is 4.27. The number of carbonyl (C=O) groups is 1. The molecule has 0 saturated carbocycles. The number of nitrogens with zero attached hydrogens (tertiary/aromatic N) is 1. The second-order valence-corrected chi connectivity index (χ2v) is 3.87. The Bertz CT molecular complexity index is 359. The fourth-order valence-electron chi connectivity index (χ4n) is 2.04. The molecule has 15 heavy (non-hydrogen) atoms. The van der Waals surface area contributed by atoms with Gasteiger partial charge in [-0.3, -0.25) is 4.79 Å². The summed E-state index contributed by atoms with van der Waals surface area (Å²) in [5.74, 6) is -0.349. The van der Waals surface area contributed by atoms with Crippen molar-refractivity contribution in [2.24, 2.45) is 0 Å². The number of piperidine rings is 1. The summed E-state index contributed by atoms with van der Waals surface area (Å²) < 4.78 is 12.9. The van der Waals surface area contributed by atoms with E-state index in [1.54, 1.807) is 6.07 Å². The molecule has 2 rings (SSSR count). The third-order valence-electron chi connectivity index (χ3n) is 2.81. The molecular weight excluding hydrogens is 193 g/mol. The van der Waals surface area contributed by atoms with Gasteiger partial charge in [-0.25, -0.2) is 4.39 Å². The molecule has 1 aromatic rings. The minimum atomic E-state index is -0.349. The van der Waals surface area contributed by atoms with Gasteiger partial charge >= 0.3 is 0 Å². The topological polar surface area (TPSA) is 20.3 Å². The first kappa shape index (κ1) is 10.1. The second kappa shape index (κ2) is 4.43. The van der Waals surface area contributed by atoms with Crippen LogP contribution < -0.4 is 4.90 Å². The molecule has 1 heterocycles. The van der Waals surface area contributed by atoms with E-state index in [0.29, 0.717) is 5.56 Å². The van der Waals surface area contributed by atoms with E-state index in [1.165, 1.54) is 18.6 Å². The van der Waals surface area contributed by atoms with Gasteiger partial charge in [0.25, 0.3) is 0 Å². The van der Waals surface area contributed by atoms with Gasteiger partial charge < -0.3 is 4.90 Å². The lowest BCUT2D eigenvalue weighted by atomic mass is 10.1. The monoisotopic (exact) mass is 207 g/mol. The van der Waals surface area contributed by atoms with Crippen molar-refractivity contribution in [1.82, 2.24) is 0 Å². The molecule has 0 N–H and O–H groups in total. The van der Waals surface area contributed by atoms with Crippen molar-refractivity contribution < 1.29 is 9.18 Å². The van der Waals surface area contributed by atoms with Gasteiger partial charge in [0.05, 0.1) is 0 Å². The largest absolute Gasteiger partial charge is 0.371 e. The van der Waals surface area contributed by atoms with E-state index < -0.39 is 0 Å². The fourth-order valence-corrected chi connectivity index (χ4v) is 2.04. The lowest BCUT2D eigenvalue weighted by Crippen LogP contribution is -2.30. The molecule has 0 radical (unpaired) electrons. The SMILES string of the molecule is O=Cc1cc(F)ccc1N1CCCCC1. The average molecular weight is 207 g/mol. The average Bonchev–Trinajstić information content (AvgIpc) is 2.30. The number of hydrogen-bond donors (Lipinski definition) is 0. The second-order valence-electron chi connectivity index (χ2n) is 3.87. The molecule has 0 atom stereocenters. The Hall–Kier alpha value is -1.38. The van der Waals surface area contributed by atoms with E-state index >= 15 is 0 Å². The van der Waals surface area contributed by atoms with Crippen molar-refractivity contribution in [3.63, 3.8) is 0 Å². The Morgan fingerprint density at radius 1 is 1.20 bits per heavy atom. The molecule has 1 saturated heterocycles. The minimum absolute atomic E-state index is 0.349. The smallest absolute Gasteiger partial charge is 0.152 e. The van der Waals surface area contributed by atoms with Crippen LogP contribution in [-0.4, -0.2) is 19.4 Å². The molecule has 0 aromatic heterocycles. The Labute approximate surface area is 88.7 Å². The highest BCUT2D eigenvalue weighted by molar-refractivity contribution is 5.84. The Balaban J connectivity index is 2.29. The maximum Gasteiger partial charge on any atom is 0.152 e. The molecule has 2 nitrogen and oxygen atoms in total. The standard InChI is InChI=1S/C12H14FNO/c13-11-4-5-12(10(8-11)9-15)14-6-2-1-3-7-14/h4-5,8-9H,1-3,6-7H2. The van der Waals surface area contributed by atoms with E-state index in [-0.39, 0.29) is 5.82 Å². The Kier molecular flexibility index (Phi) is 2.99. The molecule has 0 bridgehead atoms. The molecule has 0 aliphatic carbocycles. The first-order chi connectivity index (χ1) is 7.31. The Morgan fingerprint density at radius 2 is 1.93 bits per heavy atom. The maximum atomic E-state index is 12.9. The van der Waals surface area contributed by atoms with E-state index in [0.717, 1.165) is 37.9 Å². The third kappa shape index (κ3) is 2.17. The first-order valence-corrected chi connectivity index (χ1v) is 5.31. The van der Waals surface area contributed by atoms with Crippen molar-refractivity contribution >= 4 is 12.0 Å². The lowest BCUT2D eigenvalue weighted by Gasteiger charge is -2.29. The van der Waals surface area contributed by atoms with Gasteiger partial charge in [-0.05, 0) is 37.5 Å². The van der Waals surface area contributed by atoms with Crippen LogP contribution in [0.5, 0.6) is 0 Å². The first-order valence-electron chi connectivity index (χ1n) is 5.31. The summed E-state index contributed by atoms with van der Waals surface area (Å²) in [5.41, 5.74) is 1.32. The third-order valence-corrected chi connectivity index (χ3v) is 2.81. The zero-order chi connectivity index (χ0) is 10.7. The van der Waals surface area contributed by atoms with Crippen LogP contribution >= 0.6 is 0 Å². The van der Waals surface area contributed by atoms with Crippen LogP contribution in [0.4, 0.5) is 10.1 Å². The van der Waals surface area contributed by atoms with E-state index in [9.17, 15) is 9.18 Å². The number of anilines is 1. The van der Waals surface area contributed by atoms with Crippen LogP contribution in [0.2, 0.25) is 0 Å². The maximum absolute atomic E-state index is 12.9. The molecule has 80 valence electrons. The number of halogens is 1. The molecular formula is C12H14FNO. The molecule has 0 unspecified atom stereocenters. The van der Waals surface area contributed by atoms with Crippen LogP contribution in [-0.2, 0) is 0 Å². The zero-order valence-electron chi connectivity index (χ0n) is 8.58. The minimum Gasteiger partial charge on any atom is -0.371 e. The van der Waals surface area contributed by atoms with E-state index in [4.69, 9.17) is 0 Å². The molecule has 3 heteroatoms. The molecule has 1 aliphatic heterocycles. The number of carbonyl (C=O) groups excluding carboxylic acids is 1. The van der Waals surface area contributed by atoms with Crippen molar-refractivity contribution in [3.05, 3.63) is 29.6 Å². The predicted molar refractivity (Wildman–Crippen MR) is 57.9 cm³/mol. The summed E-state index contributed by atoms with van der Waals surface area (Å²) >= 11 is 0. The van der Waals surface area contributed by atoms with Crippen molar-refractivity contribution in [3.8, 4) is 0 Å². The molecule has 1 aliphatic rings. The van der Waals surface area contributed by atoms with E-state index in [2.05, 4.69) is 4.90 Å². The van der Waals surface area contributed by atoms with Crippen molar-refractivity contribution in [1.29, 1.82) is 0 Å². The quantitative estimate of drug-likeness (QED) is 0.695. The highest BCUT2D eigenvalue weighted by Gasteiger charge is 2.14. The highest BCUT2D eigenvalue weighted by Crippen LogP contribution is 2.23. The predicted octanol–water partition coefficient (Wildman–Crippen LogP) is 2.63. The number of benzene rings is 1. The van der Waals surface area contributed by atoms with E-state index in [1.807, 2.05) is 0 Å². The summed E-state index contributed by atoms with van der Waals surface area (Å²) in [7, 11) is 0. The van der Waals surface area contributed by atoms with Gasteiger partial charge in [0, 0.05) is 24.3 Å². The Morgan fingerprint density at radius 3 is 2.60 bits per heavy atom. The lowest BCUT2D eigenvalue weighted by molar-refractivity contribution is 0.112. The van der Waals surface area contributed by atoms with Gasteiger partial charge in [-0.1, -0.05) is 0 Å². The summed E-state index contributed by atoms with van der Waals surface area (Å²) in [4.78, 5) is 13.0. The fraction of sp³-hybridized carbons (Fsp3) is 0.417. The number of aldehydes is 1. The van der Waals surface area contributed by atoms with Crippen LogP contribution in [0.15, 0.2) is 18.2 Å². The van der Waals surface area contributed by atoms with Gasteiger partial charge in [0.1, 0.15) is 5.82 Å². The van der Waals surface area contributed by atoms with Gasteiger partial charge in [-0.15, -0.1) is 0 Å². The normalized spacial score (nSPS) is 16.5. The van der Waals surface area contributed by atoms with Crippen LogP contribution in [0.25, 0.3) is 0 Å². The summed E-state index contributed by atoms with van der Waals surface area (Å²) in [5, 5.41) is 0. The van der Waals surface area contributed by atoms with Gasteiger partial charge in [0.15, 0.2) is 6.29 Å². The number of rotatable bonds is 2. The van der Waals surface area contributed by atoms with Gasteiger partial charge in [-0.2, -0.15) is 0 Å². The summed E-state index contributed by atoms with van der Waals surface area (Å²) in [6.45, 7) is 1.93. The van der Waals surface area contributed by atoms with Crippen molar-refractivity contribution in [2.75, 3.05) is 18.0 Å². The molecule has 0 spiro atoms. The summed E-state index contributed by atoms with van der Waals surface area (Å²) in [6, 6.07) is 4.41. The molecule has 1 fully saturated rings. The van der Waals surface area contributed by atoms with Crippen LogP contribution in [0.3, 0.4) is 0 Å². The van der Waals surface area contributed by atoms with Crippen LogP contribution in [0, 0.1) is 5.82 Å². The zero-order valence-corrected chi connectivity index (χ0v) is 8.58. The number of hydrogen-bond acceptors (Lipinski definition) is 2.